The van der Waals surface area contributed by atoms with Crippen molar-refractivity contribution in [3.05, 3.63) is 35.0 Å². The molecule has 0 bridgehead atoms. The summed E-state index contributed by atoms with van der Waals surface area (Å²) in [5.41, 5.74) is 0.0482. The second kappa shape index (κ2) is 8.14. The van der Waals surface area contributed by atoms with E-state index >= 15 is 0 Å². The number of nitrogens with one attached hydrogen (secondary N) is 1. The van der Waals surface area contributed by atoms with Crippen molar-refractivity contribution in [3.8, 4) is 11.5 Å². The number of aromatic nitrogens is 2. The van der Waals surface area contributed by atoms with Crippen molar-refractivity contribution in [2.24, 2.45) is 0 Å². The SMILES string of the molecule is CC(F)(F)C(=O)N[C@@H]1CCCC[C@H]1N1Cc2c(F)cc(-c3nnc(C(F)F)o3)cc2C1=O. The molecular formula is C20H19F5N4O3. The molecule has 7 nitrogen and oxygen atoms in total. The topological polar surface area (TPSA) is 88.3 Å². The van der Waals surface area contributed by atoms with Gasteiger partial charge < -0.3 is 14.6 Å². The molecule has 172 valence electrons. The van der Waals surface area contributed by atoms with Gasteiger partial charge in [-0.15, -0.1) is 10.2 Å². The van der Waals surface area contributed by atoms with Crippen molar-refractivity contribution in [1.29, 1.82) is 0 Å². The van der Waals surface area contributed by atoms with Crippen LogP contribution in [0.5, 0.6) is 0 Å². The van der Waals surface area contributed by atoms with Crippen LogP contribution in [0, 0.1) is 5.82 Å². The maximum atomic E-state index is 14.8. The summed E-state index contributed by atoms with van der Waals surface area (Å²) in [4.78, 5) is 26.2. The fourth-order valence-corrected chi connectivity index (χ4v) is 4.16. The Kier molecular flexibility index (Phi) is 5.63. The molecule has 2 aromatic rings. The lowest BCUT2D eigenvalue weighted by molar-refractivity contribution is -0.144. The fourth-order valence-electron chi connectivity index (χ4n) is 4.16. The molecule has 1 fully saturated rings. The molecule has 4 rings (SSSR count). The quantitative estimate of drug-likeness (QED) is 0.688. The van der Waals surface area contributed by atoms with Gasteiger partial charge >= 0.3 is 12.3 Å². The Morgan fingerprint density at radius 1 is 1.25 bits per heavy atom. The van der Waals surface area contributed by atoms with E-state index < -0.39 is 48.0 Å². The molecule has 0 radical (unpaired) electrons. The van der Waals surface area contributed by atoms with Crippen LogP contribution in [-0.2, 0) is 11.3 Å². The van der Waals surface area contributed by atoms with Crippen LogP contribution in [0.3, 0.4) is 0 Å². The smallest absolute Gasteiger partial charge is 0.321 e. The predicted molar refractivity (Wildman–Crippen MR) is 99.3 cm³/mol. The largest absolute Gasteiger partial charge is 0.415 e. The zero-order valence-electron chi connectivity index (χ0n) is 16.9. The standard InChI is InChI=1S/C20H19F5N4O3/c1-20(24,25)19(31)26-13-4-2-3-5-14(13)29-8-11-10(18(29)30)6-9(7-12(11)21)16-27-28-17(32-16)15(22)23/h6-7,13-15H,2-5,8H2,1H3,(H,26,31)/t13-,14-/m1/s1. The second-order valence-electron chi connectivity index (χ2n) is 7.98. The van der Waals surface area contributed by atoms with E-state index in [0.29, 0.717) is 32.6 Å². The molecule has 1 aliphatic heterocycles. The van der Waals surface area contributed by atoms with Crippen molar-refractivity contribution in [1.82, 2.24) is 20.4 Å². The monoisotopic (exact) mass is 458 g/mol. The fraction of sp³-hybridized carbons (Fsp3) is 0.500. The third-order valence-corrected chi connectivity index (χ3v) is 5.73. The molecular weight excluding hydrogens is 439 g/mol. The number of amides is 2. The minimum absolute atomic E-state index is 0.00623. The van der Waals surface area contributed by atoms with Crippen LogP contribution in [0.2, 0.25) is 0 Å². The van der Waals surface area contributed by atoms with E-state index in [9.17, 15) is 31.5 Å². The van der Waals surface area contributed by atoms with Gasteiger partial charge in [-0.05, 0) is 25.0 Å². The Labute approximate surface area is 179 Å². The average Bonchev–Trinajstić information content (AvgIpc) is 3.34. The summed E-state index contributed by atoms with van der Waals surface area (Å²) in [5, 5.41) is 8.98. The normalized spacial score (nSPS) is 21.2. The number of fused-ring (bicyclic) bond motifs is 1. The molecule has 0 unspecified atom stereocenters. The Hall–Kier alpha value is -3.05. The first-order valence-electron chi connectivity index (χ1n) is 10.0. The number of halogens is 5. The summed E-state index contributed by atoms with van der Waals surface area (Å²) in [6.07, 6.45) is -0.740. The van der Waals surface area contributed by atoms with Gasteiger partial charge in [0.25, 0.3) is 17.7 Å². The van der Waals surface area contributed by atoms with Crippen molar-refractivity contribution in [2.75, 3.05) is 0 Å². The molecule has 1 aromatic carbocycles. The minimum Gasteiger partial charge on any atom is -0.415 e. The van der Waals surface area contributed by atoms with Gasteiger partial charge in [0, 0.05) is 29.7 Å². The minimum atomic E-state index is -3.57. The molecule has 2 atom stereocenters. The van der Waals surface area contributed by atoms with Gasteiger partial charge in [0.1, 0.15) is 5.82 Å². The molecule has 32 heavy (non-hydrogen) atoms. The molecule has 2 heterocycles. The second-order valence-corrected chi connectivity index (χ2v) is 7.98. The summed E-state index contributed by atoms with van der Waals surface area (Å²) >= 11 is 0. The van der Waals surface area contributed by atoms with E-state index in [-0.39, 0.29) is 29.1 Å². The van der Waals surface area contributed by atoms with Crippen LogP contribution in [0.4, 0.5) is 22.0 Å². The van der Waals surface area contributed by atoms with E-state index in [0.717, 1.165) is 6.07 Å². The van der Waals surface area contributed by atoms with E-state index in [1.54, 1.807) is 0 Å². The van der Waals surface area contributed by atoms with Crippen molar-refractivity contribution in [2.45, 2.75) is 63.6 Å². The highest BCUT2D eigenvalue weighted by Gasteiger charge is 2.42. The highest BCUT2D eigenvalue weighted by atomic mass is 19.3. The third kappa shape index (κ3) is 4.05. The Bertz CT molecular complexity index is 1050. The number of benzene rings is 1. The lowest BCUT2D eigenvalue weighted by Gasteiger charge is -2.38. The zero-order valence-corrected chi connectivity index (χ0v) is 16.9. The van der Waals surface area contributed by atoms with Crippen LogP contribution < -0.4 is 5.32 Å². The third-order valence-electron chi connectivity index (χ3n) is 5.73. The van der Waals surface area contributed by atoms with Gasteiger partial charge in [0.05, 0.1) is 12.6 Å². The molecule has 1 saturated carbocycles. The van der Waals surface area contributed by atoms with Crippen LogP contribution in [0.1, 0.15) is 60.8 Å². The number of nitrogens with zero attached hydrogens (tertiary/aromatic N) is 3. The number of carbonyl (C=O) groups excluding carboxylic acids is 2. The van der Waals surface area contributed by atoms with Crippen LogP contribution in [-0.4, -0.2) is 44.9 Å². The molecule has 1 N–H and O–H groups in total. The van der Waals surface area contributed by atoms with Crippen molar-refractivity contribution >= 4 is 11.8 Å². The number of rotatable bonds is 5. The molecule has 2 aliphatic rings. The van der Waals surface area contributed by atoms with Crippen molar-refractivity contribution in [3.63, 3.8) is 0 Å². The Balaban J connectivity index is 1.60. The molecule has 12 heteroatoms. The van der Waals surface area contributed by atoms with E-state index in [1.807, 2.05) is 0 Å². The highest BCUT2D eigenvalue weighted by molar-refractivity contribution is 5.99. The zero-order chi connectivity index (χ0) is 23.2. The maximum absolute atomic E-state index is 14.8. The number of alkyl halides is 4. The molecule has 1 aromatic heterocycles. The van der Waals surface area contributed by atoms with Gasteiger partial charge in [-0.2, -0.15) is 17.6 Å². The van der Waals surface area contributed by atoms with Crippen LogP contribution >= 0.6 is 0 Å². The van der Waals surface area contributed by atoms with Gasteiger partial charge in [0.15, 0.2) is 0 Å². The molecule has 0 spiro atoms. The summed E-state index contributed by atoms with van der Waals surface area (Å²) < 4.78 is 71.8. The summed E-state index contributed by atoms with van der Waals surface area (Å²) in [6, 6.07) is 0.995. The summed E-state index contributed by atoms with van der Waals surface area (Å²) in [7, 11) is 0. The van der Waals surface area contributed by atoms with Crippen LogP contribution in [0.15, 0.2) is 16.5 Å². The van der Waals surface area contributed by atoms with Crippen LogP contribution in [0.25, 0.3) is 11.5 Å². The first-order chi connectivity index (χ1) is 15.1. The van der Waals surface area contributed by atoms with Gasteiger partial charge in [-0.1, -0.05) is 12.8 Å². The first kappa shape index (κ1) is 22.2. The maximum Gasteiger partial charge on any atom is 0.321 e. The van der Waals surface area contributed by atoms with E-state index in [4.69, 9.17) is 4.42 Å². The lowest BCUT2D eigenvalue weighted by atomic mass is 9.89. The molecule has 1 aliphatic carbocycles. The average molecular weight is 458 g/mol. The van der Waals surface area contributed by atoms with Gasteiger partial charge in [-0.25, -0.2) is 4.39 Å². The predicted octanol–water partition coefficient (Wildman–Crippen LogP) is 3.85. The van der Waals surface area contributed by atoms with Crippen molar-refractivity contribution < 1.29 is 36.0 Å². The molecule has 0 saturated heterocycles. The summed E-state index contributed by atoms with van der Waals surface area (Å²) in [6.45, 7) is 0.386. The Morgan fingerprint density at radius 2 is 1.97 bits per heavy atom. The highest BCUT2D eigenvalue weighted by Crippen LogP contribution is 2.35. The number of hydrogen-bond acceptors (Lipinski definition) is 5. The van der Waals surface area contributed by atoms with E-state index in [2.05, 4.69) is 15.5 Å². The molecule has 2 amide bonds. The van der Waals surface area contributed by atoms with Gasteiger partial charge in [0.2, 0.25) is 5.89 Å². The van der Waals surface area contributed by atoms with Gasteiger partial charge in [-0.3, -0.25) is 9.59 Å². The summed E-state index contributed by atoms with van der Waals surface area (Å²) in [5.74, 6) is -7.60. The first-order valence-corrected chi connectivity index (χ1v) is 10.0. The Morgan fingerprint density at radius 3 is 2.62 bits per heavy atom. The lowest BCUT2D eigenvalue weighted by Crippen LogP contribution is -2.55. The number of carbonyl (C=O) groups is 2. The number of hydrogen-bond donors (Lipinski definition) is 1. The van der Waals surface area contributed by atoms with E-state index in [1.165, 1.54) is 11.0 Å².